The van der Waals surface area contributed by atoms with E-state index >= 15 is 0 Å². The first-order chi connectivity index (χ1) is 20.9. The van der Waals surface area contributed by atoms with E-state index in [9.17, 15) is 9.18 Å². The first kappa shape index (κ1) is 34.0. The van der Waals surface area contributed by atoms with Crippen LogP contribution in [-0.4, -0.2) is 101 Å². The van der Waals surface area contributed by atoms with Crippen LogP contribution in [0, 0.1) is 17.2 Å². The Morgan fingerprint density at radius 1 is 1.14 bits per heavy atom. The third-order valence-electron chi connectivity index (χ3n) is 9.57. The zero-order chi connectivity index (χ0) is 32.1. The molecular weight excluding hydrogens is 561 g/mol. The molecule has 1 spiro atoms. The maximum atomic E-state index is 14.4. The molecule has 1 aromatic heterocycles. The molecule has 1 atom stereocenters. The first-order valence-corrected chi connectivity index (χ1v) is 16.1. The predicted octanol–water partition coefficient (Wildman–Crippen LogP) is 5.01. The fraction of sp³-hybridized carbons (Fsp3) is 0.697. The van der Waals surface area contributed by atoms with Gasteiger partial charge in [0.15, 0.2) is 5.82 Å². The van der Waals surface area contributed by atoms with Crippen LogP contribution in [0.5, 0.6) is 11.6 Å². The highest BCUT2D eigenvalue weighted by atomic mass is 19.1. The summed E-state index contributed by atoms with van der Waals surface area (Å²) >= 11 is 0. The van der Waals surface area contributed by atoms with Crippen LogP contribution in [0.15, 0.2) is 24.5 Å². The van der Waals surface area contributed by atoms with Crippen molar-refractivity contribution in [2.75, 3.05) is 57.9 Å². The summed E-state index contributed by atoms with van der Waals surface area (Å²) in [4.78, 5) is 24.7. The van der Waals surface area contributed by atoms with Gasteiger partial charge in [0, 0.05) is 62.9 Å². The zero-order valence-electron chi connectivity index (χ0n) is 27.9. The molecule has 0 aliphatic carbocycles. The van der Waals surface area contributed by atoms with E-state index in [-0.39, 0.29) is 46.1 Å². The fourth-order valence-electron chi connectivity index (χ4n) is 6.79. The van der Waals surface area contributed by atoms with Gasteiger partial charge in [-0.05, 0) is 84.5 Å². The summed E-state index contributed by atoms with van der Waals surface area (Å²) in [6.45, 7) is 21.2. The van der Waals surface area contributed by atoms with Crippen LogP contribution in [0.2, 0.25) is 0 Å². The van der Waals surface area contributed by atoms with Gasteiger partial charge in [0.2, 0.25) is 0 Å². The second-order valence-electron chi connectivity index (χ2n) is 13.6. The largest absolute Gasteiger partial charge is 0.434 e. The lowest BCUT2D eigenvalue weighted by Crippen LogP contribution is -2.66. The molecule has 4 rings (SSSR count). The third-order valence-corrected chi connectivity index (χ3v) is 9.57. The van der Waals surface area contributed by atoms with Gasteiger partial charge in [0.25, 0.3) is 11.8 Å². The van der Waals surface area contributed by atoms with Gasteiger partial charge in [-0.2, -0.15) is 0 Å². The number of amides is 1. The van der Waals surface area contributed by atoms with Crippen molar-refractivity contribution in [2.24, 2.45) is 11.3 Å². The molecule has 2 saturated heterocycles. The molecule has 1 aromatic carbocycles. The van der Waals surface area contributed by atoms with E-state index in [1.165, 1.54) is 24.5 Å². The van der Waals surface area contributed by atoms with E-state index in [0.29, 0.717) is 11.7 Å². The Labute approximate surface area is 262 Å². The molecule has 1 unspecified atom stereocenters. The number of methoxy groups -OCH3 is 1. The van der Waals surface area contributed by atoms with Crippen molar-refractivity contribution in [1.82, 2.24) is 30.3 Å². The van der Waals surface area contributed by atoms with Crippen LogP contribution in [0.3, 0.4) is 0 Å². The molecule has 11 heteroatoms. The molecule has 1 N–H and O–H groups in total. The number of hydrogen-bond donors (Lipinski definition) is 1. The number of benzene rings is 1. The van der Waals surface area contributed by atoms with Gasteiger partial charge < -0.3 is 24.6 Å². The Hall–Kier alpha value is -2.89. The average Bonchev–Trinajstić information content (AvgIpc) is 3.41. The number of hydrogen-bond acceptors (Lipinski definition) is 9. The summed E-state index contributed by atoms with van der Waals surface area (Å²) < 4.78 is 25.7. The van der Waals surface area contributed by atoms with Gasteiger partial charge in [-0.3, -0.25) is 9.69 Å². The van der Waals surface area contributed by atoms with Crippen molar-refractivity contribution < 1.29 is 18.7 Å². The van der Waals surface area contributed by atoms with Gasteiger partial charge in [-0.1, -0.05) is 13.8 Å². The lowest BCUT2D eigenvalue weighted by molar-refractivity contribution is -0.0843. The highest BCUT2D eigenvalue weighted by molar-refractivity contribution is 5.97. The lowest BCUT2D eigenvalue weighted by Gasteiger charge is -2.58. The molecule has 2 aliphatic rings. The molecule has 3 heterocycles. The van der Waals surface area contributed by atoms with Crippen molar-refractivity contribution in [3.8, 4) is 11.6 Å². The van der Waals surface area contributed by atoms with Crippen LogP contribution in [0.25, 0.3) is 0 Å². The summed E-state index contributed by atoms with van der Waals surface area (Å²) in [7, 11) is 1.73. The number of ether oxygens (including phenoxy) is 2. The molecule has 0 bridgehead atoms. The standard InChI is InChI=1S/C33H52FN7O3/c1-23(2)32(7,12-9-14-35-15-17-43-8)40-20-33(21-40)13-16-39(19-33)29-30(38-37-22-36-29)44-28-11-10-26(34)18-27(28)31(42)41(24(3)4)25(5)6/h10-11,18,22-25,35H,9,12-17,19-21H2,1-8H3. The van der Waals surface area contributed by atoms with Crippen LogP contribution in [0.1, 0.15) is 78.1 Å². The molecule has 2 aliphatic heterocycles. The summed E-state index contributed by atoms with van der Waals surface area (Å²) in [6.07, 6.45) is 4.74. The summed E-state index contributed by atoms with van der Waals surface area (Å²) in [6, 6.07) is 3.87. The highest BCUT2D eigenvalue weighted by Crippen LogP contribution is 2.47. The number of anilines is 1. The topological polar surface area (TPSA) is 96.0 Å². The normalized spacial score (nSPS) is 17.9. The molecule has 2 fully saturated rings. The van der Waals surface area contributed by atoms with E-state index in [4.69, 9.17) is 9.47 Å². The molecule has 2 aromatic rings. The number of likely N-dealkylation sites (tertiary alicyclic amines) is 1. The van der Waals surface area contributed by atoms with E-state index < -0.39 is 5.82 Å². The average molecular weight is 614 g/mol. The minimum Gasteiger partial charge on any atom is -0.434 e. The maximum absolute atomic E-state index is 14.4. The van der Waals surface area contributed by atoms with Gasteiger partial charge in [0.1, 0.15) is 17.9 Å². The van der Waals surface area contributed by atoms with E-state index in [1.807, 2.05) is 27.7 Å². The van der Waals surface area contributed by atoms with Crippen molar-refractivity contribution in [3.63, 3.8) is 0 Å². The van der Waals surface area contributed by atoms with Gasteiger partial charge in [-0.15, -0.1) is 10.2 Å². The van der Waals surface area contributed by atoms with Crippen LogP contribution >= 0.6 is 0 Å². The monoisotopic (exact) mass is 613 g/mol. The summed E-state index contributed by atoms with van der Waals surface area (Å²) in [5.74, 6) is 0.789. The summed E-state index contributed by atoms with van der Waals surface area (Å²) in [5.41, 5.74) is 0.470. The number of nitrogens with one attached hydrogen (secondary N) is 1. The van der Waals surface area contributed by atoms with Crippen molar-refractivity contribution in [1.29, 1.82) is 0 Å². The number of carbonyl (C=O) groups is 1. The van der Waals surface area contributed by atoms with E-state index in [1.54, 1.807) is 12.0 Å². The molecule has 0 radical (unpaired) electrons. The SMILES string of the molecule is COCCNCCCC(C)(C(C)C)N1CC2(CCN(c3ncnnc3Oc3ccc(F)cc3C(=O)N(C(C)C)C(C)C)C2)C1. The minimum absolute atomic E-state index is 0.0645. The number of halogens is 1. The number of rotatable bonds is 15. The predicted molar refractivity (Wildman–Crippen MR) is 171 cm³/mol. The second-order valence-corrected chi connectivity index (χ2v) is 13.6. The Bertz CT molecular complexity index is 1250. The van der Waals surface area contributed by atoms with Crippen molar-refractivity contribution in [2.45, 2.75) is 85.4 Å². The molecular formula is C33H52FN7O3. The van der Waals surface area contributed by atoms with Crippen molar-refractivity contribution in [3.05, 3.63) is 35.9 Å². The second kappa shape index (κ2) is 14.5. The first-order valence-electron chi connectivity index (χ1n) is 16.1. The van der Waals surface area contributed by atoms with E-state index in [0.717, 1.165) is 65.1 Å². The Balaban J connectivity index is 1.45. The highest BCUT2D eigenvalue weighted by Gasteiger charge is 2.53. The number of carbonyl (C=O) groups excluding carboxylic acids is 1. The maximum Gasteiger partial charge on any atom is 0.282 e. The third kappa shape index (κ3) is 7.49. The van der Waals surface area contributed by atoms with Crippen LogP contribution < -0.4 is 15.0 Å². The number of aromatic nitrogens is 3. The Morgan fingerprint density at radius 2 is 1.86 bits per heavy atom. The van der Waals surface area contributed by atoms with Gasteiger partial charge in [-0.25, -0.2) is 9.37 Å². The summed E-state index contributed by atoms with van der Waals surface area (Å²) in [5, 5.41) is 11.7. The minimum atomic E-state index is -0.502. The molecule has 0 saturated carbocycles. The van der Waals surface area contributed by atoms with Crippen molar-refractivity contribution >= 4 is 11.7 Å². The van der Waals surface area contributed by atoms with Gasteiger partial charge in [0.05, 0.1) is 12.2 Å². The lowest BCUT2D eigenvalue weighted by atomic mass is 9.72. The van der Waals surface area contributed by atoms with Gasteiger partial charge >= 0.3 is 0 Å². The molecule has 1 amide bonds. The Morgan fingerprint density at radius 3 is 2.52 bits per heavy atom. The number of nitrogens with zero attached hydrogens (tertiary/aromatic N) is 6. The molecule has 244 valence electrons. The molecule has 44 heavy (non-hydrogen) atoms. The fourth-order valence-corrected chi connectivity index (χ4v) is 6.79. The van der Waals surface area contributed by atoms with Crippen LogP contribution in [0.4, 0.5) is 10.2 Å². The van der Waals surface area contributed by atoms with Crippen LogP contribution in [-0.2, 0) is 4.74 Å². The zero-order valence-corrected chi connectivity index (χ0v) is 27.9. The quantitative estimate of drug-likeness (QED) is 0.278. The van der Waals surface area contributed by atoms with E-state index in [2.05, 4.69) is 51.1 Å². The Kier molecular flexibility index (Phi) is 11.2. The molecule has 10 nitrogen and oxygen atoms in total. The smallest absolute Gasteiger partial charge is 0.282 e.